The summed E-state index contributed by atoms with van der Waals surface area (Å²) in [5.41, 5.74) is 2.45. The van der Waals surface area contributed by atoms with Gasteiger partial charge in [-0.1, -0.05) is 61.0 Å². The van der Waals surface area contributed by atoms with Crippen molar-refractivity contribution in [3.05, 3.63) is 10.5 Å². The van der Waals surface area contributed by atoms with Crippen molar-refractivity contribution in [2.24, 2.45) is 22.7 Å². The molecule has 1 aliphatic heterocycles. The molecular formula is C15H28S. The van der Waals surface area contributed by atoms with Crippen molar-refractivity contribution in [1.29, 1.82) is 0 Å². The molecule has 0 N–H and O–H groups in total. The summed E-state index contributed by atoms with van der Waals surface area (Å²) < 4.78 is 0. The number of thioether (sulfide) groups is 1. The third-order valence-corrected chi connectivity index (χ3v) is 5.02. The molecule has 0 aromatic rings. The van der Waals surface area contributed by atoms with Crippen molar-refractivity contribution >= 4 is 11.8 Å². The topological polar surface area (TPSA) is 0 Å². The van der Waals surface area contributed by atoms with Crippen LogP contribution in [-0.2, 0) is 0 Å². The van der Waals surface area contributed by atoms with E-state index in [9.17, 15) is 0 Å². The van der Waals surface area contributed by atoms with E-state index in [0.29, 0.717) is 16.7 Å². The van der Waals surface area contributed by atoms with Gasteiger partial charge in [-0.3, -0.25) is 0 Å². The lowest BCUT2D eigenvalue weighted by Gasteiger charge is -2.32. The van der Waals surface area contributed by atoms with Crippen LogP contribution in [0.5, 0.6) is 0 Å². The Morgan fingerprint density at radius 2 is 1.56 bits per heavy atom. The molecule has 0 saturated heterocycles. The first-order valence-electron chi connectivity index (χ1n) is 6.42. The minimum absolute atomic E-state index is 0.324. The van der Waals surface area contributed by atoms with Crippen molar-refractivity contribution in [2.45, 2.75) is 55.4 Å². The maximum absolute atomic E-state index is 2.38. The molecule has 0 bridgehead atoms. The van der Waals surface area contributed by atoms with Gasteiger partial charge in [-0.15, -0.1) is 11.8 Å². The summed E-state index contributed by atoms with van der Waals surface area (Å²) in [7, 11) is 0. The third-order valence-electron chi connectivity index (χ3n) is 3.38. The Bertz CT molecular complexity index is 284. The summed E-state index contributed by atoms with van der Waals surface area (Å²) in [6.07, 6.45) is 0. The summed E-state index contributed by atoms with van der Waals surface area (Å²) in [6, 6.07) is 0. The van der Waals surface area contributed by atoms with Gasteiger partial charge in [0.1, 0.15) is 0 Å². The molecule has 1 unspecified atom stereocenters. The molecule has 0 fully saturated rings. The highest BCUT2D eigenvalue weighted by Crippen LogP contribution is 2.52. The van der Waals surface area contributed by atoms with Gasteiger partial charge in [0.15, 0.2) is 0 Å². The van der Waals surface area contributed by atoms with E-state index in [1.807, 2.05) is 0 Å². The van der Waals surface area contributed by atoms with Gasteiger partial charge in [0.25, 0.3) is 0 Å². The van der Waals surface area contributed by atoms with Crippen LogP contribution in [0.1, 0.15) is 55.4 Å². The van der Waals surface area contributed by atoms with Gasteiger partial charge in [0, 0.05) is 5.75 Å². The second-order valence-electron chi connectivity index (χ2n) is 7.42. The van der Waals surface area contributed by atoms with Crippen LogP contribution < -0.4 is 0 Å². The Balaban J connectivity index is 3.18. The van der Waals surface area contributed by atoms with Crippen LogP contribution in [0.4, 0.5) is 0 Å². The van der Waals surface area contributed by atoms with E-state index in [1.165, 1.54) is 5.75 Å². The van der Waals surface area contributed by atoms with E-state index in [4.69, 9.17) is 0 Å². The smallest absolute Gasteiger partial charge is 0.00482 e. The highest BCUT2D eigenvalue weighted by atomic mass is 32.2. The van der Waals surface area contributed by atoms with Crippen LogP contribution in [0, 0.1) is 22.7 Å². The second-order valence-corrected chi connectivity index (χ2v) is 8.45. The van der Waals surface area contributed by atoms with Gasteiger partial charge in [0.05, 0.1) is 0 Å². The summed E-state index contributed by atoms with van der Waals surface area (Å²) in [6.45, 7) is 18.9. The minimum Gasteiger partial charge on any atom is -0.129 e. The fraction of sp³-hybridized carbons (Fsp3) is 0.867. The largest absolute Gasteiger partial charge is 0.129 e. The molecule has 0 saturated carbocycles. The molecule has 1 aliphatic rings. The SMILES string of the molecule is CC(C)C1=C(C(C)(C)C)SCC1C(C)(C)C. The van der Waals surface area contributed by atoms with Crippen LogP contribution in [0.3, 0.4) is 0 Å². The molecular weight excluding hydrogens is 212 g/mol. The lowest BCUT2D eigenvalue weighted by Crippen LogP contribution is -2.25. The van der Waals surface area contributed by atoms with Gasteiger partial charge < -0.3 is 0 Å². The molecule has 0 aromatic carbocycles. The quantitative estimate of drug-likeness (QED) is 0.595. The highest BCUT2D eigenvalue weighted by molar-refractivity contribution is 8.03. The van der Waals surface area contributed by atoms with Crippen LogP contribution in [0.2, 0.25) is 0 Å². The van der Waals surface area contributed by atoms with Crippen molar-refractivity contribution < 1.29 is 0 Å². The van der Waals surface area contributed by atoms with E-state index in [1.54, 1.807) is 10.5 Å². The molecule has 1 rings (SSSR count). The van der Waals surface area contributed by atoms with E-state index in [-0.39, 0.29) is 0 Å². The molecule has 0 nitrogen and oxygen atoms in total. The molecule has 94 valence electrons. The predicted molar refractivity (Wildman–Crippen MR) is 76.7 cm³/mol. The molecule has 1 heteroatoms. The van der Waals surface area contributed by atoms with Crippen molar-refractivity contribution in [2.75, 3.05) is 5.75 Å². The first kappa shape index (κ1) is 14.2. The monoisotopic (exact) mass is 240 g/mol. The van der Waals surface area contributed by atoms with Gasteiger partial charge in [-0.25, -0.2) is 0 Å². The second kappa shape index (κ2) is 4.40. The first-order chi connectivity index (χ1) is 7.05. The van der Waals surface area contributed by atoms with Crippen LogP contribution in [0.15, 0.2) is 10.5 Å². The maximum atomic E-state index is 2.38. The summed E-state index contributed by atoms with van der Waals surface area (Å²) in [5, 5.41) is 0. The summed E-state index contributed by atoms with van der Waals surface area (Å²) in [4.78, 5) is 1.66. The number of allylic oxidation sites excluding steroid dienone is 2. The minimum atomic E-state index is 0.324. The molecule has 0 spiro atoms. The van der Waals surface area contributed by atoms with Crippen molar-refractivity contribution in [1.82, 2.24) is 0 Å². The first-order valence-corrected chi connectivity index (χ1v) is 7.41. The Labute approximate surface area is 106 Å². The summed E-state index contributed by atoms with van der Waals surface area (Å²) in [5.74, 6) is 2.73. The van der Waals surface area contributed by atoms with Crippen LogP contribution >= 0.6 is 11.8 Å². The average Bonchev–Trinajstić information content (AvgIpc) is 2.43. The maximum Gasteiger partial charge on any atom is 0.00482 e. The van der Waals surface area contributed by atoms with Crippen LogP contribution in [0.25, 0.3) is 0 Å². The number of rotatable bonds is 1. The molecule has 0 radical (unpaired) electrons. The fourth-order valence-electron chi connectivity index (χ4n) is 2.53. The number of hydrogen-bond acceptors (Lipinski definition) is 1. The zero-order chi connectivity index (χ0) is 12.7. The zero-order valence-electron chi connectivity index (χ0n) is 12.3. The Morgan fingerprint density at radius 3 is 1.88 bits per heavy atom. The van der Waals surface area contributed by atoms with E-state index in [2.05, 4.69) is 67.2 Å². The molecule has 0 amide bonds. The lowest BCUT2D eigenvalue weighted by atomic mass is 9.72. The average molecular weight is 240 g/mol. The van der Waals surface area contributed by atoms with Gasteiger partial charge >= 0.3 is 0 Å². The Kier molecular flexibility index (Phi) is 3.89. The van der Waals surface area contributed by atoms with Gasteiger partial charge in [0.2, 0.25) is 0 Å². The molecule has 0 aromatic heterocycles. The van der Waals surface area contributed by atoms with E-state index in [0.717, 1.165) is 5.92 Å². The fourth-order valence-corrected chi connectivity index (χ4v) is 4.52. The van der Waals surface area contributed by atoms with Crippen molar-refractivity contribution in [3.63, 3.8) is 0 Å². The molecule has 1 atom stereocenters. The predicted octanol–water partition coefficient (Wildman–Crippen LogP) is 5.35. The zero-order valence-corrected chi connectivity index (χ0v) is 13.1. The van der Waals surface area contributed by atoms with Crippen LogP contribution in [-0.4, -0.2) is 5.75 Å². The number of hydrogen-bond donors (Lipinski definition) is 0. The van der Waals surface area contributed by atoms with Gasteiger partial charge in [-0.2, -0.15) is 0 Å². The lowest BCUT2D eigenvalue weighted by molar-refractivity contribution is 0.290. The van der Waals surface area contributed by atoms with E-state index < -0.39 is 0 Å². The molecule has 0 aliphatic carbocycles. The van der Waals surface area contributed by atoms with Crippen molar-refractivity contribution in [3.8, 4) is 0 Å². The normalized spacial score (nSPS) is 23.4. The van der Waals surface area contributed by atoms with Gasteiger partial charge in [-0.05, 0) is 27.6 Å². The molecule has 16 heavy (non-hydrogen) atoms. The molecule has 1 heterocycles. The summed E-state index contributed by atoms with van der Waals surface area (Å²) >= 11 is 2.10. The van der Waals surface area contributed by atoms with E-state index >= 15 is 0 Å². The standard InChI is InChI=1S/C15H28S/c1-10(2)12-11(14(3,4)5)9-16-13(12)15(6,7)8/h10-11H,9H2,1-8H3. The Hall–Kier alpha value is 0.0900. The highest BCUT2D eigenvalue weighted by Gasteiger charge is 2.39. The Morgan fingerprint density at radius 1 is 1.06 bits per heavy atom. The third kappa shape index (κ3) is 2.85.